The first kappa shape index (κ1) is 33.9. The quantitative estimate of drug-likeness (QED) is 0.118. The Morgan fingerprint density at radius 3 is 1.21 bits per heavy atom. The molecule has 254 valence electrons. The summed E-state index contributed by atoms with van der Waals surface area (Å²) in [4.78, 5) is 0. The second-order valence-electron chi connectivity index (χ2n) is 14.8. The molecule has 0 radical (unpaired) electrons. The zero-order valence-electron chi connectivity index (χ0n) is 30.3. The fourth-order valence-electron chi connectivity index (χ4n) is 7.55. The molecule has 52 heavy (non-hydrogen) atoms. The van der Waals surface area contributed by atoms with Crippen LogP contribution in [0.1, 0.15) is 27.7 Å². The number of rotatable bonds is 8. The van der Waals surface area contributed by atoms with Crippen LogP contribution in [0.3, 0.4) is 0 Å². The highest BCUT2D eigenvalue weighted by molar-refractivity contribution is 7.20. The smallest absolute Gasteiger partial charge is 0.399 e. The van der Waals surface area contributed by atoms with E-state index in [2.05, 4.69) is 216 Å². The van der Waals surface area contributed by atoms with Crippen molar-refractivity contribution in [2.45, 2.75) is 38.9 Å². The van der Waals surface area contributed by atoms with Crippen LogP contribution in [-0.2, 0) is 9.31 Å². The predicted molar refractivity (Wildman–Crippen MR) is 222 cm³/mol. The van der Waals surface area contributed by atoms with Gasteiger partial charge in [0.2, 0.25) is 0 Å². The van der Waals surface area contributed by atoms with Crippen LogP contribution in [0.25, 0.3) is 33.4 Å². The van der Waals surface area contributed by atoms with E-state index in [1.165, 1.54) is 48.6 Å². The molecule has 0 aliphatic carbocycles. The first-order valence-corrected chi connectivity index (χ1v) is 20.2. The van der Waals surface area contributed by atoms with E-state index < -0.39 is 26.4 Å². The average molecular weight is 691 g/mol. The van der Waals surface area contributed by atoms with Crippen molar-refractivity contribution in [3.8, 4) is 33.4 Å². The molecule has 7 aromatic rings. The van der Waals surface area contributed by atoms with E-state index in [9.17, 15) is 0 Å². The average Bonchev–Trinajstić information content (AvgIpc) is 3.42. The van der Waals surface area contributed by atoms with Crippen molar-refractivity contribution in [2.24, 2.45) is 0 Å². The lowest BCUT2D eigenvalue weighted by atomic mass is 9.78. The summed E-state index contributed by atoms with van der Waals surface area (Å²) in [6, 6.07) is 69.0. The van der Waals surface area contributed by atoms with Crippen molar-refractivity contribution >= 4 is 41.4 Å². The Balaban J connectivity index is 1.30. The zero-order valence-corrected chi connectivity index (χ0v) is 31.3. The van der Waals surface area contributed by atoms with Gasteiger partial charge >= 0.3 is 7.12 Å². The third-order valence-electron chi connectivity index (χ3n) is 11.1. The molecule has 0 bridgehead atoms. The summed E-state index contributed by atoms with van der Waals surface area (Å²) in [5.41, 5.74) is 7.41. The highest BCUT2D eigenvalue weighted by atomic mass is 28.3. The molecule has 0 amide bonds. The van der Waals surface area contributed by atoms with E-state index in [0.29, 0.717) is 0 Å². The van der Waals surface area contributed by atoms with Crippen LogP contribution < -0.4 is 26.2 Å². The van der Waals surface area contributed by atoms with E-state index in [-0.39, 0.29) is 0 Å². The second-order valence-corrected chi connectivity index (χ2v) is 18.6. The number of hydrogen-bond acceptors (Lipinski definition) is 2. The lowest BCUT2D eigenvalue weighted by molar-refractivity contribution is 0.00578. The van der Waals surface area contributed by atoms with Gasteiger partial charge in [-0.15, -0.1) is 0 Å². The maximum Gasteiger partial charge on any atom is 0.494 e. The van der Waals surface area contributed by atoms with Crippen molar-refractivity contribution < 1.29 is 9.31 Å². The topological polar surface area (TPSA) is 18.5 Å². The molecule has 0 aromatic heterocycles. The molecule has 4 heteroatoms. The molecule has 7 aromatic carbocycles. The molecule has 1 aliphatic heterocycles. The first-order chi connectivity index (χ1) is 25.2. The summed E-state index contributed by atoms with van der Waals surface area (Å²) in [5, 5.41) is 5.36. The summed E-state index contributed by atoms with van der Waals surface area (Å²) in [7, 11) is -3.26. The van der Waals surface area contributed by atoms with Crippen molar-refractivity contribution in [3.05, 3.63) is 188 Å². The predicted octanol–water partition coefficient (Wildman–Crippen LogP) is 8.36. The molecule has 1 fully saturated rings. The van der Waals surface area contributed by atoms with Crippen LogP contribution >= 0.6 is 0 Å². The monoisotopic (exact) mass is 690 g/mol. The number of benzene rings is 7. The van der Waals surface area contributed by atoms with Crippen LogP contribution in [0, 0.1) is 0 Å². The Morgan fingerprint density at radius 2 is 0.712 bits per heavy atom. The van der Waals surface area contributed by atoms with Crippen LogP contribution in [0.4, 0.5) is 0 Å². The molecule has 0 spiro atoms. The highest BCUT2D eigenvalue weighted by Crippen LogP contribution is 2.36. The number of hydrogen-bond donors (Lipinski definition) is 0. The molecule has 0 N–H and O–H groups in total. The van der Waals surface area contributed by atoms with Gasteiger partial charge in [0.1, 0.15) is 0 Å². The fourth-order valence-corrected chi connectivity index (χ4v) is 12.3. The molecule has 0 unspecified atom stereocenters. The van der Waals surface area contributed by atoms with E-state index in [1.54, 1.807) is 0 Å². The van der Waals surface area contributed by atoms with Gasteiger partial charge in [0.15, 0.2) is 8.07 Å². The van der Waals surface area contributed by atoms with Crippen LogP contribution in [0.15, 0.2) is 188 Å². The van der Waals surface area contributed by atoms with E-state index in [4.69, 9.17) is 9.31 Å². The van der Waals surface area contributed by atoms with Gasteiger partial charge in [-0.2, -0.15) is 0 Å². The van der Waals surface area contributed by atoms with E-state index >= 15 is 0 Å². The van der Waals surface area contributed by atoms with Gasteiger partial charge in [-0.25, -0.2) is 0 Å². The summed E-state index contributed by atoms with van der Waals surface area (Å²) in [5.74, 6) is 0. The van der Waals surface area contributed by atoms with Gasteiger partial charge in [0, 0.05) is 0 Å². The second kappa shape index (κ2) is 13.7. The third-order valence-corrected chi connectivity index (χ3v) is 15.9. The Hall–Kier alpha value is -5.26. The lowest BCUT2D eigenvalue weighted by Gasteiger charge is -2.35. The Labute approximate surface area is 309 Å². The molecule has 8 rings (SSSR count). The van der Waals surface area contributed by atoms with Crippen LogP contribution in [0.5, 0.6) is 0 Å². The summed E-state index contributed by atoms with van der Waals surface area (Å²) < 4.78 is 12.9. The van der Waals surface area contributed by atoms with E-state index in [0.717, 1.165) is 11.0 Å². The van der Waals surface area contributed by atoms with Crippen LogP contribution in [-0.4, -0.2) is 26.4 Å². The highest BCUT2D eigenvalue weighted by Gasteiger charge is 2.51. The Kier molecular flexibility index (Phi) is 8.92. The maximum atomic E-state index is 6.46. The lowest BCUT2D eigenvalue weighted by Crippen LogP contribution is -2.74. The van der Waals surface area contributed by atoms with Gasteiger partial charge in [0.05, 0.1) is 11.2 Å². The minimum Gasteiger partial charge on any atom is -0.399 e. The van der Waals surface area contributed by atoms with Crippen molar-refractivity contribution in [2.75, 3.05) is 0 Å². The van der Waals surface area contributed by atoms with Crippen LogP contribution in [0.2, 0.25) is 0 Å². The van der Waals surface area contributed by atoms with Gasteiger partial charge < -0.3 is 9.31 Å². The van der Waals surface area contributed by atoms with Crippen molar-refractivity contribution in [1.29, 1.82) is 0 Å². The Morgan fingerprint density at radius 1 is 0.346 bits per heavy atom. The van der Waals surface area contributed by atoms with Gasteiger partial charge in [-0.05, 0) is 87.3 Å². The van der Waals surface area contributed by atoms with Gasteiger partial charge in [-0.3, -0.25) is 0 Å². The molecular formula is C48H43BO2Si. The molecule has 1 saturated heterocycles. The summed E-state index contributed by atoms with van der Waals surface area (Å²) >= 11 is 0. The normalized spacial score (nSPS) is 15.0. The first-order valence-electron chi connectivity index (χ1n) is 18.2. The largest absolute Gasteiger partial charge is 0.494 e. The fraction of sp³-hybridized carbons (Fsp3) is 0.125. The standard InChI is InChI=1S/C48H43BO2Si/c1-47(2)48(3,4)51-49(50-47)42-22-14-20-40(34-42)41-21-15-25-46(35-41)52(43-23-12-7-13-24-43,44-30-26-38(27-31-44)36-16-8-5-9-17-36)45-32-28-39(29-33-45)37-18-10-6-11-19-37/h5-35H,1-4H3. The van der Waals surface area contributed by atoms with Gasteiger partial charge in [0.25, 0.3) is 0 Å². The molecular weight excluding hydrogens is 647 g/mol. The van der Waals surface area contributed by atoms with Crippen molar-refractivity contribution in [3.63, 3.8) is 0 Å². The summed E-state index contributed by atoms with van der Waals surface area (Å²) in [6.07, 6.45) is 0. The van der Waals surface area contributed by atoms with Gasteiger partial charge in [-0.1, -0.05) is 188 Å². The SMILES string of the molecule is CC1(C)OB(c2cccc(-c3cccc([Si](c4ccccc4)(c4ccc(-c5ccccc5)cc4)c4ccc(-c5ccccc5)cc4)c3)c2)OC1(C)C. The third kappa shape index (κ3) is 6.18. The van der Waals surface area contributed by atoms with Crippen molar-refractivity contribution in [1.82, 2.24) is 0 Å². The molecule has 0 atom stereocenters. The maximum absolute atomic E-state index is 6.46. The minimum atomic E-state index is -2.84. The minimum absolute atomic E-state index is 0.402. The molecule has 0 saturated carbocycles. The molecule has 1 aliphatic rings. The summed E-state index contributed by atoms with van der Waals surface area (Å²) in [6.45, 7) is 8.42. The zero-order chi connectivity index (χ0) is 35.8. The Bertz CT molecular complexity index is 2190. The molecule has 1 heterocycles. The van der Waals surface area contributed by atoms with E-state index in [1.807, 2.05) is 0 Å². The molecule has 2 nitrogen and oxygen atoms in total.